The second-order valence-electron chi connectivity index (χ2n) is 4.12. The van der Waals surface area contributed by atoms with Crippen LogP contribution in [0.3, 0.4) is 0 Å². The Kier molecular flexibility index (Phi) is 15.7. The summed E-state index contributed by atoms with van der Waals surface area (Å²) in [7, 11) is 1.49. The van der Waals surface area contributed by atoms with Crippen molar-refractivity contribution < 1.29 is 48.1 Å². The quantitative estimate of drug-likeness (QED) is 0.271. The van der Waals surface area contributed by atoms with Crippen molar-refractivity contribution in [1.29, 1.82) is 0 Å². The summed E-state index contributed by atoms with van der Waals surface area (Å²) >= 11 is 1.80. The number of fused-ring (bicyclic) bond motifs is 1. The summed E-state index contributed by atoms with van der Waals surface area (Å²) in [5, 5.41) is 2.66. The number of halogens is 2. The summed E-state index contributed by atoms with van der Waals surface area (Å²) in [6, 6.07) is 24.7. The minimum Gasteiger partial charge on any atom is -1.00 e. The standard InChI is InChI=1S/C9H7.C5H5.CH6Si2.2ClH.Zr/c1-2-5-9-7-3-6-8(9)4-1;1-2-4-5-3-1;1-3-2;;;/h1-7H;1-5H;1-2H3;2*1H;/q2*-1;;;;+2/p-2. The van der Waals surface area contributed by atoms with Crippen LogP contribution in [0, 0.1) is 0 Å². The molecule has 0 saturated heterocycles. The molecule has 3 aromatic rings. The molecule has 0 N–H and O–H groups in total. The summed E-state index contributed by atoms with van der Waals surface area (Å²) < 4.78 is 0. The third-order valence-electron chi connectivity index (χ3n) is 2.10. The maximum atomic E-state index is 2.37. The molecule has 0 aliphatic heterocycles. The molecule has 0 bridgehead atoms. The Labute approximate surface area is 152 Å². The first kappa shape index (κ1) is 22.4. The van der Waals surface area contributed by atoms with Crippen LogP contribution in [0.2, 0.25) is 6.55 Å². The van der Waals surface area contributed by atoms with Gasteiger partial charge in [0.1, 0.15) is 0 Å². The third kappa shape index (κ3) is 10.8. The van der Waals surface area contributed by atoms with Crippen molar-refractivity contribution in [3.63, 3.8) is 0 Å². The molecule has 0 unspecified atom stereocenters. The average molecular weight is 417 g/mol. The zero-order chi connectivity index (χ0) is 13.2. The van der Waals surface area contributed by atoms with E-state index in [9.17, 15) is 0 Å². The van der Waals surface area contributed by atoms with E-state index in [1.165, 1.54) is 20.5 Å². The topological polar surface area (TPSA) is 0 Å². The van der Waals surface area contributed by atoms with Gasteiger partial charge < -0.3 is 24.8 Å². The second kappa shape index (κ2) is 14.0. The van der Waals surface area contributed by atoms with E-state index in [1.54, 1.807) is 23.3 Å². The van der Waals surface area contributed by atoms with Crippen molar-refractivity contribution >= 4 is 25.5 Å². The van der Waals surface area contributed by atoms with E-state index in [4.69, 9.17) is 0 Å². The van der Waals surface area contributed by atoms with Gasteiger partial charge in [-0.1, -0.05) is 6.07 Å². The molecule has 3 aromatic carbocycles. The van der Waals surface area contributed by atoms with E-state index in [1.807, 2.05) is 30.3 Å². The molecule has 0 heterocycles. The smallest absolute Gasteiger partial charge is 0.0809 e. The van der Waals surface area contributed by atoms with Crippen LogP contribution in [0.25, 0.3) is 10.8 Å². The van der Waals surface area contributed by atoms with Crippen LogP contribution in [0.4, 0.5) is 0 Å². The fourth-order valence-corrected chi connectivity index (χ4v) is 1.39. The molecule has 0 aromatic heterocycles. The SMILES string of the molecule is C[Si]([SiH3])=[Zr+2].[Cl-].[Cl-].c1cc[cH-]c1.c1ccc2[cH-]ccc2c1. The maximum Gasteiger partial charge on any atom is -0.0809 e. The fraction of sp³-hybridized carbons (Fsp3) is 0.0667. The molecule has 0 spiro atoms. The van der Waals surface area contributed by atoms with E-state index in [0.717, 1.165) is 0 Å². The van der Waals surface area contributed by atoms with Crippen LogP contribution in [0.15, 0.2) is 72.8 Å². The molecule has 0 amide bonds. The number of benzene rings is 1. The zero-order valence-electron chi connectivity index (χ0n) is 11.7. The van der Waals surface area contributed by atoms with E-state index < -0.39 is 0 Å². The third-order valence-corrected chi connectivity index (χ3v) is 2.10. The molecular formula is C15H18Cl2Si2Zr-2. The Morgan fingerprint density at radius 2 is 1.50 bits per heavy atom. The predicted molar refractivity (Wildman–Crippen MR) is 83.1 cm³/mol. The van der Waals surface area contributed by atoms with Gasteiger partial charge >= 0.3 is 44.6 Å². The average Bonchev–Trinajstić information content (AvgIpc) is 3.03. The molecule has 0 radical (unpaired) electrons. The predicted octanol–water partition coefficient (Wildman–Crippen LogP) is -3.01. The molecule has 0 nitrogen and oxygen atoms in total. The van der Waals surface area contributed by atoms with Gasteiger partial charge in [0.2, 0.25) is 0 Å². The molecule has 106 valence electrons. The minimum absolute atomic E-state index is 0. The molecular weight excluding hydrogens is 398 g/mol. The van der Waals surface area contributed by atoms with E-state index in [-0.39, 0.29) is 24.8 Å². The van der Waals surface area contributed by atoms with Crippen LogP contribution in [-0.2, 0) is 23.3 Å². The van der Waals surface area contributed by atoms with Crippen LogP contribution < -0.4 is 24.8 Å². The summed E-state index contributed by atoms with van der Waals surface area (Å²) in [6.07, 6.45) is 0. The van der Waals surface area contributed by atoms with Crippen LogP contribution in [-0.4, -0.2) is 14.7 Å². The van der Waals surface area contributed by atoms with Gasteiger partial charge in [0, 0.05) is 0 Å². The number of hydrogen-bond acceptors (Lipinski definition) is 0. The van der Waals surface area contributed by atoms with Gasteiger partial charge in [0.05, 0.1) is 0 Å². The van der Waals surface area contributed by atoms with Crippen molar-refractivity contribution in [2.45, 2.75) is 6.55 Å². The van der Waals surface area contributed by atoms with Crippen LogP contribution >= 0.6 is 0 Å². The maximum absolute atomic E-state index is 2.37. The normalized spacial score (nSPS) is 8.15. The van der Waals surface area contributed by atoms with E-state index in [0.29, 0.717) is 4.95 Å². The van der Waals surface area contributed by atoms with Crippen molar-refractivity contribution in [1.82, 2.24) is 0 Å². The van der Waals surface area contributed by atoms with Crippen molar-refractivity contribution in [2.75, 3.05) is 0 Å². The summed E-state index contributed by atoms with van der Waals surface area (Å²) in [6.45, 7) is 2.37. The van der Waals surface area contributed by atoms with Crippen LogP contribution in [0.5, 0.6) is 0 Å². The molecule has 0 aliphatic rings. The zero-order valence-corrected chi connectivity index (χ0v) is 18.7. The summed E-state index contributed by atoms with van der Waals surface area (Å²) in [5.74, 6) is 0. The first-order valence-corrected chi connectivity index (χ1v) is 15.2. The Hall–Kier alpha value is 0.0769. The van der Waals surface area contributed by atoms with Gasteiger partial charge in [-0.2, -0.15) is 35.7 Å². The van der Waals surface area contributed by atoms with Gasteiger partial charge in [0.25, 0.3) is 0 Å². The molecule has 0 fully saturated rings. The van der Waals surface area contributed by atoms with Crippen molar-refractivity contribution in [2.24, 2.45) is 0 Å². The monoisotopic (exact) mass is 414 g/mol. The molecule has 0 aliphatic carbocycles. The molecule has 3 rings (SSSR count). The Morgan fingerprint density at radius 1 is 0.950 bits per heavy atom. The largest absolute Gasteiger partial charge is 1.00 e. The summed E-state index contributed by atoms with van der Waals surface area (Å²) in [4.78, 5) is 0.349. The fourth-order valence-electron chi connectivity index (χ4n) is 1.39. The second-order valence-corrected chi connectivity index (χ2v) is 25.4. The van der Waals surface area contributed by atoms with Gasteiger partial charge in [-0.25, -0.2) is 12.1 Å². The van der Waals surface area contributed by atoms with Gasteiger partial charge in [0.15, 0.2) is 0 Å². The van der Waals surface area contributed by atoms with Gasteiger partial charge in [-0.15, -0.1) is 29.7 Å². The number of rotatable bonds is 0. The molecule has 5 heteroatoms. The van der Waals surface area contributed by atoms with E-state index >= 15 is 0 Å². The van der Waals surface area contributed by atoms with Crippen LogP contribution in [0.1, 0.15) is 0 Å². The molecule has 20 heavy (non-hydrogen) atoms. The Morgan fingerprint density at radius 3 is 1.95 bits per heavy atom. The van der Waals surface area contributed by atoms with Crippen molar-refractivity contribution in [3.05, 3.63) is 72.8 Å². The molecule has 0 saturated carbocycles. The Balaban J connectivity index is 0. The number of hydrogen-bond donors (Lipinski definition) is 0. The van der Waals surface area contributed by atoms with E-state index in [2.05, 4.69) is 49.0 Å². The molecule has 0 atom stereocenters. The van der Waals surface area contributed by atoms with Gasteiger partial charge in [-0.05, 0) is 0 Å². The first-order valence-electron chi connectivity index (χ1n) is 5.99. The first-order chi connectivity index (χ1) is 8.70. The van der Waals surface area contributed by atoms with Crippen molar-refractivity contribution in [3.8, 4) is 0 Å². The Bertz CT molecular complexity index is 511. The summed E-state index contributed by atoms with van der Waals surface area (Å²) in [5.41, 5.74) is 0. The minimum atomic E-state index is 0. The van der Waals surface area contributed by atoms with Gasteiger partial charge in [-0.3, -0.25) is 0 Å².